The van der Waals surface area contributed by atoms with Gasteiger partial charge in [-0.2, -0.15) is 5.10 Å². The normalized spacial score (nSPS) is 12.7. The number of nitrogens with one attached hydrogen (secondary N) is 2. The number of fused-ring (bicyclic) bond motifs is 1. The van der Waals surface area contributed by atoms with E-state index < -0.39 is 0 Å². The van der Waals surface area contributed by atoms with Crippen LogP contribution in [0.5, 0.6) is 5.75 Å². The number of rotatable bonds is 4. The van der Waals surface area contributed by atoms with Crippen molar-refractivity contribution in [3.05, 3.63) is 70.9 Å². The van der Waals surface area contributed by atoms with Gasteiger partial charge >= 0.3 is 0 Å². The number of ether oxygens (including phenoxy) is 1. The standard InChI is InChI=1S/C19H15ClN4O3/c20-14-4-1-12(2-5-14)10-24-17(7-8-21-24)23-19(26)13-3-6-16-15(9-13)22-18(25)11-27-16/h1-9H,10-11H2,(H,22,25)(H,23,26). The number of carbonyl (C=O) groups is 2. The molecule has 0 unspecified atom stereocenters. The maximum atomic E-state index is 12.6. The fraction of sp³-hybridized carbons (Fsp3) is 0.105. The molecule has 3 aromatic rings. The molecule has 7 nitrogen and oxygen atoms in total. The highest BCUT2D eigenvalue weighted by Gasteiger charge is 2.18. The van der Waals surface area contributed by atoms with Gasteiger partial charge in [0.15, 0.2) is 6.61 Å². The summed E-state index contributed by atoms with van der Waals surface area (Å²) in [5.41, 5.74) is 1.89. The molecule has 0 radical (unpaired) electrons. The van der Waals surface area contributed by atoms with Gasteiger partial charge in [-0.1, -0.05) is 23.7 Å². The Morgan fingerprint density at radius 2 is 2.04 bits per heavy atom. The summed E-state index contributed by atoms with van der Waals surface area (Å²) in [6.07, 6.45) is 1.62. The van der Waals surface area contributed by atoms with Crippen LogP contribution >= 0.6 is 11.6 Å². The van der Waals surface area contributed by atoms with E-state index in [0.29, 0.717) is 34.4 Å². The van der Waals surface area contributed by atoms with E-state index in [1.807, 2.05) is 24.3 Å². The van der Waals surface area contributed by atoms with E-state index in [0.717, 1.165) is 5.56 Å². The van der Waals surface area contributed by atoms with Crippen molar-refractivity contribution in [3.63, 3.8) is 0 Å². The first-order chi connectivity index (χ1) is 13.1. The van der Waals surface area contributed by atoms with Gasteiger partial charge in [-0.15, -0.1) is 0 Å². The van der Waals surface area contributed by atoms with Crippen LogP contribution in [0.25, 0.3) is 0 Å². The van der Waals surface area contributed by atoms with Crippen LogP contribution < -0.4 is 15.4 Å². The van der Waals surface area contributed by atoms with Gasteiger partial charge in [0.2, 0.25) is 0 Å². The van der Waals surface area contributed by atoms with Crippen molar-refractivity contribution in [2.24, 2.45) is 0 Å². The molecule has 0 bridgehead atoms. The number of hydrogen-bond acceptors (Lipinski definition) is 4. The third-order valence-electron chi connectivity index (χ3n) is 4.08. The van der Waals surface area contributed by atoms with Crippen molar-refractivity contribution in [1.82, 2.24) is 9.78 Å². The Kier molecular flexibility index (Phi) is 4.52. The summed E-state index contributed by atoms with van der Waals surface area (Å²) < 4.78 is 6.99. The predicted octanol–water partition coefficient (Wildman–Crippen LogP) is 3.17. The largest absolute Gasteiger partial charge is 0.482 e. The van der Waals surface area contributed by atoms with Crippen LogP contribution in [0.15, 0.2) is 54.7 Å². The number of hydrogen-bond donors (Lipinski definition) is 2. The minimum absolute atomic E-state index is 0.0254. The van der Waals surface area contributed by atoms with Gasteiger partial charge in [0.25, 0.3) is 11.8 Å². The molecular weight excluding hydrogens is 368 g/mol. The van der Waals surface area contributed by atoms with E-state index >= 15 is 0 Å². The number of amides is 2. The minimum atomic E-state index is -0.310. The van der Waals surface area contributed by atoms with Gasteiger partial charge in [-0.05, 0) is 35.9 Å². The summed E-state index contributed by atoms with van der Waals surface area (Å²) in [6, 6.07) is 14.0. The SMILES string of the molecule is O=C1COc2ccc(C(=O)Nc3ccnn3Cc3ccc(Cl)cc3)cc2N1. The molecule has 0 atom stereocenters. The zero-order valence-electron chi connectivity index (χ0n) is 14.1. The highest BCUT2D eigenvalue weighted by atomic mass is 35.5. The third kappa shape index (κ3) is 3.78. The van der Waals surface area contributed by atoms with E-state index in [2.05, 4.69) is 15.7 Å². The lowest BCUT2D eigenvalue weighted by atomic mass is 10.1. The van der Waals surface area contributed by atoms with Crippen LogP contribution in [0.3, 0.4) is 0 Å². The smallest absolute Gasteiger partial charge is 0.262 e. The van der Waals surface area contributed by atoms with Gasteiger partial charge in [0.05, 0.1) is 18.4 Å². The van der Waals surface area contributed by atoms with Crippen LogP contribution in [-0.4, -0.2) is 28.2 Å². The highest BCUT2D eigenvalue weighted by Crippen LogP contribution is 2.28. The number of carbonyl (C=O) groups excluding carboxylic acids is 2. The van der Waals surface area contributed by atoms with Crippen molar-refractivity contribution in [1.29, 1.82) is 0 Å². The Balaban J connectivity index is 1.51. The van der Waals surface area contributed by atoms with E-state index in [-0.39, 0.29) is 18.4 Å². The Hall–Kier alpha value is -3.32. The average molecular weight is 383 g/mol. The van der Waals surface area contributed by atoms with Crippen molar-refractivity contribution in [3.8, 4) is 5.75 Å². The topological polar surface area (TPSA) is 85.2 Å². The monoisotopic (exact) mass is 382 g/mol. The summed E-state index contributed by atoms with van der Waals surface area (Å²) >= 11 is 5.91. The third-order valence-corrected chi connectivity index (χ3v) is 4.33. The van der Waals surface area contributed by atoms with Gasteiger partial charge in [-0.3, -0.25) is 9.59 Å². The molecule has 2 aromatic carbocycles. The van der Waals surface area contributed by atoms with Crippen molar-refractivity contribution in [2.45, 2.75) is 6.54 Å². The molecule has 1 aliphatic heterocycles. The Morgan fingerprint density at radius 3 is 2.85 bits per heavy atom. The van der Waals surface area contributed by atoms with E-state index in [1.165, 1.54) is 0 Å². The first-order valence-electron chi connectivity index (χ1n) is 8.23. The zero-order chi connectivity index (χ0) is 18.8. The van der Waals surface area contributed by atoms with Gasteiger partial charge < -0.3 is 15.4 Å². The molecule has 27 heavy (non-hydrogen) atoms. The molecule has 2 amide bonds. The molecule has 2 heterocycles. The van der Waals surface area contributed by atoms with Crippen molar-refractivity contribution >= 4 is 34.9 Å². The quantitative estimate of drug-likeness (QED) is 0.725. The Morgan fingerprint density at radius 1 is 1.22 bits per heavy atom. The van der Waals surface area contributed by atoms with Crippen LogP contribution in [-0.2, 0) is 11.3 Å². The summed E-state index contributed by atoms with van der Waals surface area (Å²) in [5, 5.41) is 10.4. The lowest BCUT2D eigenvalue weighted by Crippen LogP contribution is -2.26. The molecule has 2 N–H and O–H groups in total. The Labute approximate surface area is 159 Å². The van der Waals surface area contributed by atoms with Crippen molar-refractivity contribution in [2.75, 3.05) is 17.2 Å². The summed E-state index contributed by atoms with van der Waals surface area (Å²) in [5.74, 6) is 0.545. The second-order valence-corrected chi connectivity index (χ2v) is 6.44. The predicted molar refractivity (Wildman–Crippen MR) is 101 cm³/mol. The molecule has 4 rings (SSSR count). The first kappa shape index (κ1) is 17.1. The maximum Gasteiger partial charge on any atom is 0.262 e. The molecule has 0 saturated heterocycles. The minimum Gasteiger partial charge on any atom is -0.482 e. The molecule has 1 aromatic heterocycles. The fourth-order valence-electron chi connectivity index (χ4n) is 2.74. The van der Waals surface area contributed by atoms with Crippen molar-refractivity contribution < 1.29 is 14.3 Å². The molecule has 0 aliphatic carbocycles. The number of anilines is 2. The average Bonchev–Trinajstić information content (AvgIpc) is 3.09. The van der Waals surface area contributed by atoms with E-state index in [9.17, 15) is 9.59 Å². The van der Waals surface area contributed by atoms with Gasteiger partial charge in [0, 0.05) is 16.7 Å². The maximum absolute atomic E-state index is 12.6. The molecule has 1 aliphatic rings. The number of aromatic nitrogens is 2. The van der Waals surface area contributed by atoms with Gasteiger partial charge in [0.1, 0.15) is 11.6 Å². The lowest BCUT2D eigenvalue weighted by Gasteiger charge is -2.18. The summed E-state index contributed by atoms with van der Waals surface area (Å²) in [7, 11) is 0. The fourth-order valence-corrected chi connectivity index (χ4v) is 2.87. The number of benzene rings is 2. The number of halogens is 1. The van der Waals surface area contributed by atoms with Crippen LogP contribution in [0.4, 0.5) is 11.5 Å². The van der Waals surface area contributed by atoms with Crippen LogP contribution in [0.1, 0.15) is 15.9 Å². The van der Waals surface area contributed by atoms with Gasteiger partial charge in [-0.25, -0.2) is 4.68 Å². The van der Waals surface area contributed by atoms with Crippen LogP contribution in [0.2, 0.25) is 5.02 Å². The second kappa shape index (κ2) is 7.13. The second-order valence-electron chi connectivity index (χ2n) is 6.00. The zero-order valence-corrected chi connectivity index (χ0v) is 14.9. The van der Waals surface area contributed by atoms with E-state index in [1.54, 1.807) is 35.1 Å². The lowest BCUT2D eigenvalue weighted by molar-refractivity contribution is -0.118. The molecule has 8 heteroatoms. The molecule has 0 spiro atoms. The molecule has 0 saturated carbocycles. The molecular formula is C19H15ClN4O3. The summed E-state index contributed by atoms with van der Waals surface area (Å²) in [6.45, 7) is 0.469. The molecule has 136 valence electrons. The van der Waals surface area contributed by atoms with Crippen LogP contribution in [0, 0.1) is 0 Å². The number of nitrogens with zero attached hydrogens (tertiary/aromatic N) is 2. The Bertz CT molecular complexity index is 1010. The molecule has 0 fully saturated rings. The summed E-state index contributed by atoms with van der Waals surface area (Å²) in [4.78, 5) is 24.1. The first-order valence-corrected chi connectivity index (χ1v) is 8.60. The highest BCUT2D eigenvalue weighted by molar-refractivity contribution is 6.30. The van der Waals surface area contributed by atoms with E-state index in [4.69, 9.17) is 16.3 Å².